The fraction of sp³-hybridized carbons (Fsp3) is 1.00. The molecule has 108 valence electrons. The number of nitrogens with one attached hydrogen (secondary N) is 1. The highest BCUT2D eigenvalue weighted by atomic mass is 15.1. The van der Waals surface area contributed by atoms with E-state index in [0.29, 0.717) is 6.04 Å². The zero-order chi connectivity index (χ0) is 13.2. The van der Waals surface area contributed by atoms with Crippen molar-refractivity contribution in [2.45, 2.75) is 84.2 Å². The number of likely N-dealkylation sites (tertiary alicyclic amines) is 1. The van der Waals surface area contributed by atoms with Gasteiger partial charge in [-0.25, -0.2) is 0 Å². The third-order valence-corrected chi connectivity index (χ3v) is 4.14. The fourth-order valence-electron chi connectivity index (χ4n) is 3.00. The molecule has 0 spiro atoms. The van der Waals surface area contributed by atoms with Crippen molar-refractivity contribution >= 4 is 0 Å². The lowest BCUT2D eigenvalue weighted by Gasteiger charge is -2.33. The van der Waals surface area contributed by atoms with E-state index in [1.165, 1.54) is 71.0 Å². The van der Waals surface area contributed by atoms with E-state index in [2.05, 4.69) is 31.0 Å². The third-order valence-electron chi connectivity index (χ3n) is 4.14. The van der Waals surface area contributed by atoms with Gasteiger partial charge in [0, 0.05) is 12.1 Å². The maximum Gasteiger partial charge on any atom is 0.00938 e. The molecule has 0 aromatic heterocycles. The highest BCUT2D eigenvalue weighted by Crippen LogP contribution is 2.13. The van der Waals surface area contributed by atoms with Crippen LogP contribution in [-0.2, 0) is 0 Å². The summed E-state index contributed by atoms with van der Waals surface area (Å²) in [6.07, 6.45) is 10.9. The van der Waals surface area contributed by atoms with E-state index in [9.17, 15) is 0 Å². The highest BCUT2D eigenvalue weighted by molar-refractivity contribution is 4.79. The van der Waals surface area contributed by atoms with E-state index >= 15 is 0 Å². The van der Waals surface area contributed by atoms with Gasteiger partial charge in [-0.2, -0.15) is 0 Å². The Morgan fingerprint density at radius 3 is 2.39 bits per heavy atom. The van der Waals surface area contributed by atoms with Crippen molar-refractivity contribution in [3.05, 3.63) is 0 Å². The van der Waals surface area contributed by atoms with Gasteiger partial charge in [0.2, 0.25) is 0 Å². The molecule has 2 nitrogen and oxygen atoms in total. The van der Waals surface area contributed by atoms with Crippen molar-refractivity contribution in [3.8, 4) is 0 Å². The summed E-state index contributed by atoms with van der Waals surface area (Å²) in [4.78, 5) is 2.62. The monoisotopic (exact) mass is 254 g/mol. The smallest absolute Gasteiger partial charge is 0.00938 e. The van der Waals surface area contributed by atoms with Crippen LogP contribution < -0.4 is 5.32 Å². The van der Waals surface area contributed by atoms with Gasteiger partial charge in [0.25, 0.3) is 0 Å². The quantitative estimate of drug-likeness (QED) is 0.629. The average molecular weight is 254 g/mol. The van der Waals surface area contributed by atoms with Gasteiger partial charge >= 0.3 is 0 Å². The molecule has 1 atom stereocenters. The molecular weight excluding hydrogens is 220 g/mol. The predicted molar refractivity (Wildman–Crippen MR) is 81.1 cm³/mol. The SMILES string of the molecule is CCCCCC[C@@H](C)NC1CCN(CCC)CC1. The molecule has 1 aliphatic rings. The van der Waals surface area contributed by atoms with Gasteiger partial charge in [-0.3, -0.25) is 0 Å². The first-order valence-corrected chi connectivity index (χ1v) is 8.24. The maximum atomic E-state index is 3.83. The van der Waals surface area contributed by atoms with Gasteiger partial charge in [-0.05, 0) is 52.2 Å². The summed E-state index contributed by atoms with van der Waals surface area (Å²) in [5.41, 5.74) is 0. The summed E-state index contributed by atoms with van der Waals surface area (Å²) in [6, 6.07) is 1.49. The van der Waals surface area contributed by atoms with E-state index in [1.54, 1.807) is 0 Å². The Balaban J connectivity index is 2.05. The summed E-state index contributed by atoms with van der Waals surface area (Å²) in [5.74, 6) is 0. The molecule has 0 aromatic rings. The van der Waals surface area contributed by atoms with Crippen molar-refractivity contribution < 1.29 is 0 Å². The lowest BCUT2D eigenvalue weighted by atomic mass is 10.0. The van der Waals surface area contributed by atoms with Crippen LogP contribution in [0.15, 0.2) is 0 Å². The summed E-state index contributed by atoms with van der Waals surface area (Å²) < 4.78 is 0. The molecule has 1 aliphatic heterocycles. The lowest BCUT2D eigenvalue weighted by molar-refractivity contribution is 0.191. The number of nitrogens with zero attached hydrogens (tertiary/aromatic N) is 1. The molecule has 0 saturated carbocycles. The number of piperidine rings is 1. The molecule has 1 heterocycles. The number of hydrogen-bond donors (Lipinski definition) is 1. The Morgan fingerprint density at radius 2 is 1.78 bits per heavy atom. The standard InChI is InChI=1S/C16H34N2/c1-4-6-7-8-9-15(3)17-16-10-13-18(12-5-2)14-11-16/h15-17H,4-14H2,1-3H3/t15-/m1/s1. The minimum absolute atomic E-state index is 0.713. The molecule has 0 amide bonds. The number of rotatable bonds is 9. The van der Waals surface area contributed by atoms with Gasteiger partial charge in [0.1, 0.15) is 0 Å². The Labute approximate surface area is 115 Å². The molecule has 18 heavy (non-hydrogen) atoms. The van der Waals surface area contributed by atoms with Crippen LogP contribution in [0.25, 0.3) is 0 Å². The van der Waals surface area contributed by atoms with Crippen LogP contribution in [0.5, 0.6) is 0 Å². The normalized spacial score (nSPS) is 20.2. The van der Waals surface area contributed by atoms with Crippen LogP contribution in [0.3, 0.4) is 0 Å². The Bertz CT molecular complexity index is 186. The van der Waals surface area contributed by atoms with E-state index in [1.807, 2.05) is 0 Å². The van der Waals surface area contributed by atoms with Crippen molar-refractivity contribution in [1.82, 2.24) is 10.2 Å². The molecule has 1 rings (SSSR count). The topological polar surface area (TPSA) is 15.3 Å². The number of unbranched alkanes of at least 4 members (excludes halogenated alkanes) is 3. The first kappa shape index (κ1) is 16.0. The molecule has 0 aliphatic carbocycles. The Hall–Kier alpha value is -0.0800. The molecule has 1 fully saturated rings. The van der Waals surface area contributed by atoms with Crippen molar-refractivity contribution in [3.63, 3.8) is 0 Å². The average Bonchev–Trinajstić information content (AvgIpc) is 2.37. The molecular formula is C16H34N2. The van der Waals surface area contributed by atoms with Crippen LogP contribution >= 0.6 is 0 Å². The summed E-state index contributed by atoms with van der Waals surface area (Å²) in [7, 11) is 0. The second-order valence-corrected chi connectivity index (χ2v) is 6.03. The third kappa shape index (κ3) is 6.75. The Kier molecular flexibility index (Phi) is 8.70. The van der Waals surface area contributed by atoms with Crippen molar-refractivity contribution in [2.75, 3.05) is 19.6 Å². The van der Waals surface area contributed by atoms with Crippen LogP contribution in [0.4, 0.5) is 0 Å². The summed E-state index contributed by atoms with van der Waals surface area (Å²) in [6.45, 7) is 10.8. The van der Waals surface area contributed by atoms with Crippen LogP contribution in [0.1, 0.15) is 72.1 Å². The number of hydrogen-bond acceptors (Lipinski definition) is 2. The molecule has 0 unspecified atom stereocenters. The largest absolute Gasteiger partial charge is 0.311 e. The van der Waals surface area contributed by atoms with E-state index in [4.69, 9.17) is 0 Å². The lowest BCUT2D eigenvalue weighted by Crippen LogP contribution is -2.45. The van der Waals surface area contributed by atoms with Crippen LogP contribution in [-0.4, -0.2) is 36.6 Å². The van der Waals surface area contributed by atoms with Gasteiger partial charge in [-0.15, -0.1) is 0 Å². The van der Waals surface area contributed by atoms with Crippen LogP contribution in [0.2, 0.25) is 0 Å². The molecule has 1 saturated heterocycles. The van der Waals surface area contributed by atoms with Crippen molar-refractivity contribution in [2.24, 2.45) is 0 Å². The maximum absolute atomic E-state index is 3.83. The van der Waals surface area contributed by atoms with Gasteiger partial charge in [0.15, 0.2) is 0 Å². The minimum Gasteiger partial charge on any atom is -0.311 e. The van der Waals surface area contributed by atoms with Gasteiger partial charge in [0.05, 0.1) is 0 Å². The summed E-state index contributed by atoms with van der Waals surface area (Å²) in [5, 5.41) is 3.83. The molecule has 1 N–H and O–H groups in total. The van der Waals surface area contributed by atoms with Gasteiger partial charge in [-0.1, -0.05) is 39.5 Å². The zero-order valence-corrected chi connectivity index (χ0v) is 12.9. The second kappa shape index (κ2) is 9.80. The molecule has 0 bridgehead atoms. The molecule has 2 heteroatoms. The molecule has 0 radical (unpaired) electrons. The molecule has 0 aromatic carbocycles. The zero-order valence-electron chi connectivity index (χ0n) is 12.9. The summed E-state index contributed by atoms with van der Waals surface area (Å²) >= 11 is 0. The van der Waals surface area contributed by atoms with Crippen LogP contribution in [0, 0.1) is 0 Å². The van der Waals surface area contributed by atoms with Crippen molar-refractivity contribution in [1.29, 1.82) is 0 Å². The van der Waals surface area contributed by atoms with E-state index in [-0.39, 0.29) is 0 Å². The minimum atomic E-state index is 0.713. The highest BCUT2D eigenvalue weighted by Gasteiger charge is 2.19. The fourth-order valence-corrected chi connectivity index (χ4v) is 3.00. The second-order valence-electron chi connectivity index (χ2n) is 6.03. The first-order valence-electron chi connectivity index (χ1n) is 8.24. The van der Waals surface area contributed by atoms with Gasteiger partial charge < -0.3 is 10.2 Å². The predicted octanol–water partition coefficient (Wildman–Crippen LogP) is 3.81. The van der Waals surface area contributed by atoms with E-state index in [0.717, 1.165) is 6.04 Å². The first-order chi connectivity index (χ1) is 8.76. The van der Waals surface area contributed by atoms with E-state index < -0.39 is 0 Å². The Morgan fingerprint density at radius 1 is 1.06 bits per heavy atom.